The smallest absolute Gasteiger partial charge is 0.190 e. The Hall–Kier alpha value is -1.14. The molecule has 2 aliphatic heterocycles. The van der Waals surface area contributed by atoms with Gasteiger partial charge in [0.25, 0.3) is 0 Å². The number of benzene rings is 1. The van der Waals surface area contributed by atoms with E-state index < -0.39 is 5.79 Å². The maximum atomic E-state index is 6.33. The summed E-state index contributed by atoms with van der Waals surface area (Å²) in [5.74, 6) is 0.400. The van der Waals surface area contributed by atoms with Crippen LogP contribution in [-0.4, -0.2) is 37.5 Å². The SMILES string of the molecule is COc1cccc(CO[C@@H]2[C@H]3OC4(CCCCC4)O[C@H]3O[C@@H]2C)c1. The van der Waals surface area contributed by atoms with Crippen molar-refractivity contribution < 1.29 is 23.7 Å². The molecule has 1 aliphatic carbocycles. The van der Waals surface area contributed by atoms with Crippen LogP contribution in [0.3, 0.4) is 0 Å². The molecular formula is C19H26O5. The molecule has 3 aliphatic rings. The van der Waals surface area contributed by atoms with Crippen molar-refractivity contribution in [2.45, 2.75) is 76.0 Å². The Morgan fingerprint density at radius 2 is 2.00 bits per heavy atom. The molecule has 1 spiro atoms. The second-order valence-electron chi connectivity index (χ2n) is 7.01. The van der Waals surface area contributed by atoms with Gasteiger partial charge in [0.2, 0.25) is 0 Å². The minimum Gasteiger partial charge on any atom is -0.497 e. The van der Waals surface area contributed by atoms with Gasteiger partial charge in [-0.1, -0.05) is 18.6 Å². The van der Waals surface area contributed by atoms with Gasteiger partial charge in [-0.15, -0.1) is 0 Å². The number of hydrogen-bond donors (Lipinski definition) is 0. The molecule has 0 N–H and O–H groups in total. The van der Waals surface area contributed by atoms with Gasteiger partial charge in [0.05, 0.1) is 19.8 Å². The Kier molecular flexibility index (Phi) is 4.52. The first-order chi connectivity index (χ1) is 11.7. The van der Waals surface area contributed by atoms with E-state index in [9.17, 15) is 0 Å². The van der Waals surface area contributed by atoms with Gasteiger partial charge in [-0.2, -0.15) is 0 Å². The number of rotatable bonds is 4. The Morgan fingerprint density at radius 1 is 1.17 bits per heavy atom. The van der Waals surface area contributed by atoms with Crippen molar-refractivity contribution in [3.05, 3.63) is 29.8 Å². The highest BCUT2D eigenvalue weighted by molar-refractivity contribution is 5.27. The van der Waals surface area contributed by atoms with Crippen LogP contribution in [0.1, 0.15) is 44.6 Å². The van der Waals surface area contributed by atoms with Crippen molar-refractivity contribution in [2.24, 2.45) is 0 Å². The van der Waals surface area contributed by atoms with Gasteiger partial charge >= 0.3 is 0 Å². The lowest BCUT2D eigenvalue weighted by Gasteiger charge is -2.33. The predicted octanol–water partition coefficient (Wildman–Crippen LogP) is 3.40. The molecule has 2 heterocycles. The van der Waals surface area contributed by atoms with E-state index in [1.54, 1.807) is 7.11 Å². The van der Waals surface area contributed by atoms with Crippen LogP contribution in [-0.2, 0) is 25.6 Å². The van der Waals surface area contributed by atoms with Crippen molar-refractivity contribution >= 4 is 0 Å². The van der Waals surface area contributed by atoms with Gasteiger partial charge in [-0.3, -0.25) is 0 Å². The van der Waals surface area contributed by atoms with E-state index in [1.165, 1.54) is 6.42 Å². The van der Waals surface area contributed by atoms with Crippen LogP contribution in [0.5, 0.6) is 5.75 Å². The zero-order chi connectivity index (χ0) is 16.6. The summed E-state index contributed by atoms with van der Waals surface area (Å²) in [5, 5.41) is 0. The largest absolute Gasteiger partial charge is 0.497 e. The molecular weight excluding hydrogens is 308 g/mol. The van der Waals surface area contributed by atoms with Crippen LogP contribution in [0, 0.1) is 0 Å². The monoisotopic (exact) mass is 334 g/mol. The van der Waals surface area contributed by atoms with E-state index in [-0.39, 0.29) is 24.6 Å². The molecule has 0 amide bonds. The Bertz CT molecular complexity index is 569. The molecule has 1 aromatic carbocycles. The zero-order valence-corrected chi connectivity index (χ0v) is 14.4. The molecule has 132 valence electrons. The van der Waals surface area contributed by atoms with Gasteiger partial charge < -0.3 is 23.7 Å². The molecule has 4 rings (SSSR count). The van der Waals surface area contributed by atoms with Crippen LogP contribution in [0.4, 0.5) is 0 Å². The Balaban J connectivity index is 1.41. The van der Waals surface area contributed by atoms with E-state index in [0.717, 1.165) is 37.0 Å². The topological polar surface area (TPSA) is 46.2 Å². The lowest BCUT2D eigenvalue weighted by atomic mass is 9.94. The molecule has 1 saturated carbocycles. The lowest BCUT2D eigenvalue weighted by molar-refractivity contribution is -0.247. The third kappa shape index (κ3) is 3.06. The average Bonchev–Trinajstić information content (AvgIpc) is 3.06. The molecule has 1 aromatic rings. The summed E-state index contributed by atoms with van der Waals surface area (Å²) >= 11 is 0. The number of methoxy groups -OCH3 is 1. The van der Waals surface area contributed by atoms with Crippen LogP contribution in [0.25, 0.3) is 0 Å². The molecule has 0 bridgehead atoms. The third-order valence-corrected chi connectivity index (χ3v) is 5.28. The van der Waals surface area contributed by atoms with Crippen molar-refractivity contribution in [1.29, 1.82) is 0 Å². The Labute approximate surface area is 143 Å². The standard InChI is InChI=1S/C19H26O5/c1-13-16(21-12-14-7-6-8-15(11-14)20-2)17-18(22-13)24-19(23-17)9-4-3-5-10-19/h6-8,11,13,16-18H,3-5,9-10,12H2,1-2H3/t13-,16+,17-,18-/m1/s1. The van der Waals surface area contributed by atoms with Crippen LogP contribution in [0.2, 0.25) is 0 Å². The second-order valence-corrected chi connectivity index (χ2v) is 7.01. The first-order valence-corrected chi connectivity index (χ1v) is 8.95. The fourth-order valence-electron chi connectivity index (χ4n) is 4.00. The van der Waals surface area contributed by atoms with Gasteiger partial charge in [0.1, 0.15) is 18.0 Å². The number of fused-ring (bicyclic) bond motifs is 1. The summed E-state index contributed by atoms with van der Waals surface area (Å²) in [7, 11) is 1.67. The van der Waals surface area contributed by atoms with Gasteiger partial charge in [-0.25, -0.2) is 0 Å². The Morgan fingerprint density at radius 3 is 2.79 bits per heavy atom. The summed E-state index contributed by atoms with van der Waals surface area (Å²) in [6.07, 6.45) is 4.91. The maximum Gasteiger partial charge on any atom is 0.190 e. The van der Waals surface area contributed by atoms with Crippen molar-refractivity contribution in [1.82, 2.24) is 0 Å². The van der Waals surface area contributed by atoms with E-state index in [1.807, 2.05) is 31.2 Å². The van der Waals surface area contributed by atoms with Gasteiger partial charge in [-0.05, 0) is 37.5 Å². The minimum atomic E-state index is -0.439. The van der Waals surface area contributed by atoms with Crippen molar-refractivity contribution in [3.63, 3.8) is 0 Å². The molecule has 0 unspecified atom stereocenters. The molecule has 24 heavy (non-hydrogen) atoms. The highest BCUT2D eigenvalue weighted by atomic mass is 16.8. The van der Waals surface area contributed by atoms with E-state index in [2.05, 4.69) is 0 Å². The average molecular weight is 334 g/mol. The predicted molar refractivity (Wildman–Crippen MR) is 87.7 cm³/mol. The van der Waals surface area contributed by atoms with Crippen LogP contribution >= 0.6 is 0 Å². The quantitative estimate of drug-likeness (QED) is 0.844. The summed E-state index contributed by atoms with van der Waals surface area (Å²) in [6.45, 7) is 2.53. The molecule has 5 heteroatoms. The first kappa shape index (κ1) is 16.3. The number of ether oxygens (including phenoxy) is 5. The van der Waals surface area contributed by atoms with Crippen LogP contribution in [0.15, 0.2) is 24.3 Å². The summed E-state index contributed by atoms with van der Waals surface area (Å²) in [5.41, 5.74) is 1.08. The van der Waals surface area contributed by atoms with Crippen LogP contribution < -0.4 is 4.74 Å². The molecule has 0 aromatic heterocycles. The summed E-state index contributed by atoms with van der Waals surface area (Å²) in [4.78, 5) is 0. The number of hydrogen-bond acceptors (Lipinski definition) is 5. The fraction of sp³-hybridized carbons (Fsp3) is 0.684. The second kappa shape index (κ2) is 6.64. The lowest BCUT2D eigenvalue weighted by Crippen LogP contribution is -2.39. The van der Waals surface area contributed by atoms with Gasteiger partial charge in [0.15, 0.2) is 12.1 Å². The summed E-state index contributed by atoms with van der Waals surface area (Å²) < 4.78 is 29.9. The molecule has 3 fully saturated rings. The highest BCUT2D eigenvalue weighted by Crippen LogP contribution is 2.45. The minimum absolute atomic E-state index is 0.0356. The zero-order valence-electron chi connectivity index (χ0n) is 14.4. The molecule has 0 radical (unpaired) electrons. The molecule has 5 nitrogen and oxygen atoms in total. The molecule has 2 saturated heterocycles. The normalized spacial score (nSPS) is 34.4. The molecule has 4 atom stereocenters. The fourth-order valence-corrected chi connectivity index (χ4v) is 4.00. The van der Waals surface area contributed by atoms with E-state index in [4.69, 9.17) is 23.7 Å². The highest BCUT2D eigenvalue weighted by Gasteiger charge is 2.57. The first-order valence-electron chi connectivity index (χ1n) is 8.95. The van der Waals surface area contributed by atoms with Gasteiger partial charge in [0, 0.05) is 12.8 Å². The summed E-state index contributed by atoms with van der Waals surface area (Å²) in [6, 6.07) is 7.93. The van der Waals surface area contributed by atoms with Crippen molar-refractivity contribution in [2.75, 3.05) is 7.11 Å². The van der Waals surface area contributed by atoms with Crippen molar-refractivity contribution in [3.8, 4) is 5.75 Å². The third-order valence-electron chi connectivity index (χ3n) is 5.28. The maximum absolute atomic E-state index is 6.33. The van der Waals surface area contributed by atoms with E-state index in [0.29, 0.717) is 6.61 Å². The van der Waals surface area contributed by atoms with E-state index >= 15 is 0 Å².